The third kappa shape index (κ3) is 5.37. The van der Waals surface area contributed by atoms with Gasteiger partial charge in [0, 0.05) is 11.3 Å². The summed E-state index contributed by atoms with van der Waals surface area (Å²) in [5, 5.41) is 3.08. The number of amides is 1. The number of anilines is 1. The number of aromatic nitrogens is 1. The average molecular weight is 425 g/mol. The van der Waals surface area contributed by atoms with E-state index in [0.717, 1.165) is 48.6 Å². The molecule has 6 nitrogen and oxygen atoms in total. The lowest BCUT2D eigenvalue weighted by atomic mass is 10.1. The van der Waals surface area contributed by atoms with E-state index >= 15 is 0 Å². The van der Waals surface area contributed by atoms with E-state index in [-0.39, 0.29) is 11.7 Å². The summed E-state index contributed by atoms with van der Waals surface area (Å²) < 4.78 is 19.0. The van der Waals surface area contributed by atoms with E-state index in [1.807, 2.05) is 32.0 Å². The number of rotatable bonds is 6. The zero-order valence-corrected chi connectivity index (χ0v) is 18.0. The molecule has 1 aliphatic rings. The number of piperazine rings is 1. The van der Waals surface area contributed by atoms with E-state index in [1.54, 1.807) is 18.3 Å². The summed E-state index contributed by atoms with van der Waals surface area (Å²) in [5.74, 6) is 1.14. The molecule has 2 heterocycles. The number of oxazole rings is 1. The second kappa shape index (κ2) is 9.41. The molecule has 7 heteroatoms. The van der Waals surface area contributed by atoms with Gasteiger partial charge in [0.05, 0.1) is 6.20 Å². The van der Waals surface area contributed by atoms with Gasteiger partial charge in [-0.15, -0.1) is 0 Å². The molecule has 0 saturated carbocycles. The molecule has 0 spiro atoms. The highest BCUT2D eigenvalue weighted by Gasteiger charge is 2.26. The highest BCUT2D eigenvalue weighted by atomic mass is 19.1. The normalized spacial score (nSPS) is 18.7. The van der Waals surface area contributed by atoms with Crippen LogP contribution in [0.2, 0.25) is 0 Å². The van der Waals surface area contributed by atoms with Crippen molar-refractivity contribution in [3.63, 3.8) is 0 Å². The number of halogens is 1. The molecule has 1 aromatic heterocycles. The van der Waals surface area contributed by atoms with Gasteiger partial charge in [-0.05, 0) is 49.2 Å². The summed E-state index contributed by atoms with van der Waals surface area (Å²) in [6, 6.07) is 12.3. The summed E-state index contributed by atoms with van der Waals surface area (Å²) in [4.78, 5) is 19.6. The van der Waals surface area contributed by atoms with Gasteiger partial charge in [0.15, 0.2) is 18.8 Å². The lowest BCUT2D eigenvalue weighted by Gasteiger charge is -2.28. The molecule has 31 heavy (non-hydrogen) atoms. The van der Waals surface area contributed by atoms with E-state index < -0.39 is 0 Å². The fraction of sp³-hybridized carbons (Fsp3) is 0.333. The molecule has 1 aliphatic heterocycles. The molecule has 0 unspecified atom stereocenters. The molecule has 0 bridgehead atoms. The maximum atomic E-state index is 13.1. The summed E-state index contributed by atoms with van der Waals surface area (Å²) in [5.41, 5.74) is 3.92. The minimum Gasteiger partial charge on any atom is -0.435 e. The zero-order chi connectivity index (χ0) is 21.8. The van der Waals surface area contributed by atoms with Gasteiger partial charge >= 0.3 is 0 Å². The number of hydrogen-bond acceptors (Lipinski definition) is 3. The molecular formula is C24H29FN4O2+2. The number of nitrogens with one attached hydrogen (secondary N) is 3. The lowest BCUT2D eigenvalue weighted by Crippen LogP contribution is -3.28. The summed E-state index contributed by atoms with van der Waals surface area (Å²) in [6.45, 7) is 9.00. The van der Waals surface area contributed by atoms with Crippen LogP contribution in [-0.2, 0) is 11.3 Å². The Morgan fingerprint density at radius 2 is 1.68 bits per heavy atom. The van der Waals surface area contributed by atoms with Crippen molar-refractivity contribution in [1.82, 2.24) is 4.98 Å². The standard InChI is InChI=1S/C24H27FN4O2/c1-17-4-3-5-18(2)24(17)27-22(30)15-28-10-12-29(13-11-28)16-23-26-14-21(31-23)19-6-8-20(25)9-7-19/h3-9,14H,10-13,15-16H2,1-2H3,(H,27,30)/p+2. The van der Waals surface area contributed by atoms with Crippen LogP contribution in [0.1, 0.15) is 17.0 Å². The zero-order valence-electron chi connectivity index (χ0n) is 18.0. The van der Waals surface area contributed by atoms with E-state index in [4.69, 9.17) is 4.42 Å². The van der Waals surface area contributed by atoms with E-state index in [9.17, 15) is 9.18 Å². The van der Waals surface area contributed by atoms with Crippen molar-refractivity contribution in [3.05, 3.63) is 71.5 Å². The average Bonchev–Trinajstić information content (AvgIpc) is 3.21. The monoisotopic (exact) mass is 424 g/mol. The van der Waals surface area contributed by atoms with E-state index in [2.05, 4.69) is 10.3 Å². The SMILES string of the molecule is Cc1cccc(C)c1NC(=O)C[NH+]1CC[NH+](Cc2ncc(-c3ccc(F)cc3)o2)CC1. The fourth-order valence-corrected chi connectivity index (χ4v) is 4.09. The largest absolute Gasteiger partial charge is 0.435 e. The first-order valence-corrected chi connectivity index (χ1v) is 10.7. The lowest BCUT2D eigenvalue weighted by molar-refractivity contribution is -1.02. The molecule has 3 N–H and O–H groups in total. The Kier molecular flexibility index (Phi) is 6.44. The molecule has 1 fully saturated rings. The summed E-state index contributed by atoms with van der Waals surface area (Å²) >= 11 is 0. The second-order valence-corrected chi connectivity index (χ2v) is 8.29. The van der Waals surface area contributed by atoms with Gasteiger partial charge in [0.1, 0.15) is 32.0 Å². The molecule has 4 rings (SSSR count). The van der Waals surface area contributed by atoms with Gasteiger partial charge in [-0.2, -0.15) is 0 Å². The number of para-hydroxylation sites is 1. The van der Waals surface area contributed by atoms with E-state index in [0.29, 0.717) is 24.7 Å². The number of carbonyl (C=O) groups is 1. The van der Waals surface area contributed by atoms with Crippen molar-refractivity contribution >= 4 is 11.6 Å². The highest BCUT2D eigenvalue weighted by Crippen LogP contribution is 2.20. The van der Waals surface area contributed by atoms with Crippen LogP contribution in [0.3, 0.4) is 0 Å². The highest BCUT2D eigenvalue weighted by molar-refractivity contribution is 5.93. The summed E-state index contributed by atoms with van der Waals surface area (Å²) in [7, 11) is 0. The van der Waals surface area contributed by atoms with Crippen molar-refractivity contribution in [3.8, 4) is 11.3 Å². The Morgan fingerprint density at radius 3 is 2.35 bits per heavy atom. The van der Waals surface area contributed by atoms with Crippen LogP contribution in [0.25, 0.3) is 11.3 Å². The number of hydrogen-bond donors (Lipinski definition) is 3. The molecule has 1 saturated heterocycles. The van der Waals surface area contributed by atoms with Crippen molar-refractivity contribution in [2.75, 3.05) is 38.0 Å². The maximum Gasteiger partial charge on any atom is 0.279 e. The van der Waals surface area contributed by atoms with Crippen LogP contribution in [-0.4, -0.2) is 43.6 Å². The van der Waals surface area contributed by atoms with Crippen molar-refractivity contribution in [2.24, 2.45) is 0 Å². The first-order valence-electron chi connectivity index (χ1n) is 10.7. The third-order valence-electron chi connectivity index (χ3n) is 5.90. The minimum atomic E-state index is -0.268. The maximum absolute atomic E-state index is 13.1. The number of benzene rings is 2. The predicted molar refractivity (Wildman–Crippen MR) is 116 cm³/mol. The van der Waals surface area contributed by atoms with Crippen molar-refractivity contribution < 1.29 is 23.4 Å². The quantitative estimate of drug-likeness (QED) is 0.554. The minimum absolute atomic E-state index is 0.0625. The van der Waals surface area contributed by atoms with Crippen molar-refractivity contribution in [1.29, 1.82) is 0 Å². The Balaban J connectivity index is 1.25. The van der Waals surface area contributed by atoms with Gasteiger partial charge in [-0.25, -0.2) is 9.37 Å². The predicted octanol–water partition coefficient (Wildman–Crippen LogP) is 1.02. The molecule has 0 aliphatic carbocycles. The van der Waals surface area contributed by atoms with Crippen LogP contribution in [0.5, 0.6) is 0 Å². The van der Waals surface area contributed by atoms with Crippen LogP contribution < -0.4 is 15.1 Å². The molecule has 2 aromatic carbocycles. The van der Waals surface area contributed by atoms with Gasteiger partial charge < -0.3 is 19.5 Å². The number of carbonyl (C=O) groups excluding carboxylic acids is 1. The Morgan fingerprint density at radius 1 is 1.03 bits per heavy atom. The molecular weight excluding hydrogens is 395 g/mol. The summed E-state index contributed by atoms with van der Waals surface area (Å²) in [6.07, 6.45) is 1.70. The Hall–Kier alpha value is -3.03. The van der Waals surface area contributed by atoms with Gasteiger partial charge in [-0.1, -0.05) is 18.2 Å². The van der Waals surface area contributed by atoms with Gasteiger partial charge in [0.2, 0.25) is 0 Å². The van der Waals surface area contributed by atoms with Crippen molar-refractivity contribution in [2.45, 2.75) is 20.4 Å². The van der Waals surface area contributed by atoms with E-state index in [1.165, 1.54) is 21.9 Å². The first-order chi connectivity index (χ1) is 15.0. The first kappa shape index (κ1) is 21.2. The molecule has 0 atom stereocenters. The second-order valence-electron chi connectivity index (χ2n) is 8.29. The van der Waals surface area contributed by atoms with Crippen LogP contribution in [0, 0.1) is 19.7 Å². The smallest absolute Gasteiger partial charge is 0.279 e. The topological polar surface area (TPSA) is 64.0 Å². The van der Waals surface area contributed by atoms with Crippen LogP contribution in [0.15, 0.2) is 53.1 Å². The van der Waals surface area contributed by atoms with Crippen LogP contribution >= 0.6 is 0 Å². The number of quaternary nitrogens is 2. The third-order valence-corrected chi connectivity index (χ3v) is 5.90. The fourth-order valence-electron chi connectivity index (χ4n) is 4.09. The van der Waals surface area contributed by atoms with Gasteiger partial charge in [-0.3, -0.25) is 4.79 Å². The molecule has 162 valence electrons. The number of nitrogens with zero attached hydrogens (tertiary/aromatic N) is 1. The molecule has 0 radical (unpaired) electrons. The molecule has 1 amide bonds. The number of aryl methyl sites for hydroxylation is 2. The van der Waals surface area contributed by atoms with Gasteiger partial charge in [0.25, 0.3) is 11.8 Å². The molecule has 3 aromatic rings. The Labute approximate surface area is 181 Å². The Bertz CT molecular complexity index is 1020. The van der Waals surface area contributed by atoms with Crippen LogP contribution in [0.4, 0.5) is 10.1 Å².